The zero-order chi connectivity index (χ0) is 61.3. The fourth-order valence-corrected chi connectivity index (χ4v) is 11.4. The minimum absolute atomic E-state index is 0.0200. The molecule has 0 amide bonds. The summed E-state index contributed by atoms with van der Waals surface area (Å²) < 4.78 is 44.9. The molecule has 0 rings (SSSR count). The van der Waals surface area contributed by atoms with Crippen LogP contribution in [0.2, 0.25) is 0 Å². The fraction of sp³-hybridized carbons (Fsp3) is 0.949. The van der Waals surface area contributed by atoms with Crippen LogP contribution >= 0.6 is 0 Å². The summed E-state index contributed by atoms with van der Waals surface area (Å²) in [7, 11) is 0. The van der Waals surface area contributed by atoms with E-state index in [2.05, 4.69) is 65.8 Å². The van der Waals surface area contributed by atoms with E-state index in [-0.39, 0.29) is 25.2 Å². The predicted molar refractivity (Wildman–Crippen MR) is 372 cm³/mol. The largest absolute Gasteiger partial charge is 0.353 e. The quantitative estimate of drug-likeness (QED) is 0.0341. The van der Waals surface area contributed by atoms with Crippen molar-refractivity contribution in [2.75, 3.05) is 39.6 Å². The summed E-state index contributed by atoms with van der Waals surface area (Å²) in [5.41, 5.74) is 0. The number of rotatable bonds is 76. The summed E-state index contributed by atoms with van der Waals surface area (Å²) in [6.07, 6.45) is 82.3. The van der Waals surface area contributed by atoms with Crippen molar-refractivity contribution in [2.24, 2.45) is 0 Å². The number of allylic oxidation sites excluding steroid dienone is 2. The standard InChI is InChI=1S/C78H154O7/c1-7-13-19-25-29-43-51-61-69-79-75(80-70-62-52-44-30-26-20-14-8-2)65-55-47-39-35-33-37-41-49-57-67-77(83-73-59-23-17-11-5)85-78(84-74-60-24-18-12-6)68-58-50-42-38-34-36-40-48-56-66-76(81-71-63-53-45-31-27-21-15-9-3)82-72-64-54-46-32-28-22-16-10-4/h57-58,67-68,75-78H,7-56,59-66,69-74H2,1-6H3. The van der Waals surface area contributed by atoms with Crippen molar-refractivity contribution in [2.45, 2.75) is 439 Å². The third-order valence-corrected chi connectivity index (χ3v) is 17.2. The molecular weight excluding hydrogens is 1050 g/mol. The van der Waals surface area contributed by atoms with Crippen molar-refractivity contribution in [1.29, 1.82) is 0 Å². The molecule has 0 aliphatic rings. The molecule has 85 heavy (non-hydrogen) atoms. The van der Waals surface area contributed by atoms with Crippen molar-refractivity contribution < 1.29 is 33.2 Å². The summed E-state index contributed by atoms with van der Waals surface area (Å²) in [5.74, 6) is 0. The maximum Gasteiger partial charge on any atom is 0.180 e. The van der Waals surface area contributed by atoms with Gasteiger partial charge in [-0.25, -0.2) is 0 Å². The number of unbranched alkanes of at least 4 members (excludes halogenated alkanes) is 48. The Morgan fingerprint density at radius 1 is 0.200 bits per heavy atom. The molecule has 7 heteroatoms. The molecule has 2 unspecified atom stereocenters. The van der Waals surface area contributed by atoms with Crippen LogP contribution < -0.4 is 0 Å². The minimum Gasteiger partial charge on any atom is -0.353 e. The minimum atomic E-state index is -0.387. The highest BCUT2D eigenvalue weighted by atomic mass is 16.8. The Bertz CT molecular complexity index is 1110. The maximum absolute atomic E-state index is 6.62. The highest BCUT2D eigenvalue weighted by Gasteiger charge is 2.15. The van der Waals surface area contributed by atoms with Gasteiger partial charge in [0.1, 0.15) is 0 Å². The van der Waals surface area contributed by atoms with Crippen LogP contribution in [0.4, 0.5) is 0 Å². The summed E-state index contributed by atoms with van der Waals surface area (Å²) >= 11 is 0. The monoisotopic (exact) mass is 1200 g/mol. The molecule has 0 bridgehead atoms. The van der Waals surface area contributed by atoms with Gasteiger partial charge in [0.2, 0.25) is 0 Å². The zero-order valence-corrected chi connectivity index (χ0v) is 58.7. The molecule has 0 saturated carbocycles. The van der Waals surface area contributed by atoms with Gasteiger partial charge in [-0.3, -0.25) is 0 Å². The van der Waals surface area contributed by atoms with Gasteiger partial charge in [-0.2, -0.15) is 0 Å². The lowest BCUT2D eigenvalue weighted by molar-refractivity contribution is -0.208. The van der Waals surface area contributed by atoms with E-state index in [1.165, 1.54) is 334 Å². The summed E-state index contributed by atoms with van der Waals surface area (Å²) in [6.45, 7) is 18.6. The first-order valence-electron chi connectivity index (χ1n) is 38.8. The Kier molecular flexibility index (Phi) is 74.9. The van der Waals surface area contributed by atoms with Gasteiger partial charge >= 0.3 is 0 Å². The third-order valence-electron chi connectivity index (χ3n) is 17.2. The Morgan fingerprint density at radius 3 is 0.635 bits per heavy atom. The van der Waals surface area contributed by atoms with Crippen molar-refractivity contribution in [3.05, 3.63) is 24.3 Å². The van der Waals surface area contributed by atoms with Crippen LogP contribution in [0.5, 0.6) is 0 Å². The average Bonchev–Trinajstić information content (AvgIpc) is 3.53. The third kappa shape index (κ3) is 68.9. The van der Waals surface area contributed by atoms with Crippen molar-refractivity contribution >= 4 is 0 Å². The van der Waals surface area contributed by atoms with E-state index >= 15 is 0 Å². The fourth-order valence-electron chi connectivity index (χ4n) is 11.4. The van der Waals surface area contributed by atoms with Crippen LogP contribution in [0.1, 0.15) is 414 Å². The van der Waals surface area contributed by atoms with Crippen molar-refractivity contribution in [3.63, 3.8) is 0 Å². The summed E-state index contributed by atoms with van der Waals surface area (Å²) in [4.78, 5) is 0. The normalized spacial score (nSPS) is 12.9. The number of hydrogen-bond donors (Lipinski definition) is 0. The lowest BCUT2D eigenvalue weighted by atomic mass is 10.1. The highest BCUT2D eigenvalue weighted by molar-refractivity contribution is 4.90. The second-order valence-electron chi connectivity index (χ2n) is 25.9. The highest BCUT2D eigenvalue weighted by Crippen LogP contribution is 2.20. The summed E-state index contributed by atoms with van der Waals surface area (Å²) in [6, 6.07) is 0. The molecule has 0 aliphatic heterocycles. The topological polar surface area (TPSA) is 64.6 Å². The molecule has 0 spiro atoms. The molecule has 2 atom stereocenters. The van der Waals surface area contributed by atoms with Crippen LogP contribution in [0.3, 0.4) is 0 Å². The summed E-state index contributed by atoms with van der Waals surface area (Å²) in [5, 5.41) is 0. The lowest BCUT2D eigenvalue weighted by Crippen LogP contribution is -2.25. The number of hydrogen-bond acceptors (Lipinski definition) is 7. The first-order valence-corrected chi connectivity index (χ1v) is 38.8. The Labute approximate surface area is 533 Å². The van der Waals surface area contributed by atoms with Crippen molar-refractivity contribution in [1.82, 2.24) is 0 Å². The second-order valence-corrected chi connectivity index (χ2v) is 25.9. The van der Waals surface area contributed by atoms with Crippen LogP contribution in [0.15, 0.2) is 24.3 Å². The number of ether oxygens (including phenoxy) is 7. The van der Waals surface area contributed by atoms with E-state index in [1.54, 1.807) is 0 Å². The van der Waals surface area contributed by atoms with Crippen LogP contribution in [-0.2, 0) is 33.2 Å². The van der Waals surface area contributed by atoms with Gasteiger partial charge in [0.25, 0.3) is 0 Å². The molecule has 0 aromatic carbocycles. The molecule has 0 heterocycles. The Balaban J connectivity index is 4.90. The van der Waals surface area contributed by atoms with Crippen LogP contribution in [-0.4, -0.2) is 64.8 Å². The molecule has 7 nitrogen and oxygen atoms in total. The molecule has 0 aromatic heterocycles. The van der Waals surface area contributed by atoms with E-state index in [0.29, 0.717) is 0 Å². The van der Waals surface area contributed by atoms with E-state index < -0.39 is 0 Å². The van der Waals surface area contributed by atoms with Crippen LogP contribution in [0, 0.1) is 0 Å². The average molecular weight is 1200 g/mol. The van der Waals surface area contributed by atoms with Crippen LogP contribution in [0.25, 0.3) is 0 Å². The predicted octanol–water partition coefficient (Wildman–Crippen LogP) is 26.3. The molecule has 0 N–H and O–H groups in total. The molecule has 0 aromatic rings. The van der Waals surface area contributed by atoms with Gasteiger partial charge in [-0.1, -0.05) is 336 Å². The molecule has 0 fully saturated rings. The van der Waals surface area contributed by atoms with E-state index in [0.717, 1.165) is 78.2 Å². The van der Waals surface area contributed by atoms with Gasteiger partial charge in [-0.05, 0) is 102 Å². The second kappa shape index (κ2) is 75.7. The molecule has 0 radical (unpaired) electrons. The van der Waals surface area contributed by atoms with Gasteiger partial charge in [0.15, 0.2) is 25.2 Å². The van der Waals surface area contributed by atoms with Crippen molar-refractivity contribution in [3.8, 4) is 0 Å². The molecule has 508 valence electrons. The van der Waals surface area contributed by atoms with E-state index in [1.807, 2.05) is 0 Å². The van der Waals surface area contributed by atoms with Gasteiger partial charge in [0, 0.05) is 26.4 Å². The smallest absolute Gasteiger partial charge is 0.180 e. The first kappa shape index (κ1) is 84.2. The van der Waals surface area contributed by atoms with E-state index in [9.17, 15) is 0 Å². The first-order chi connectivity index (χ1) is 42.1. The molecule has 0 aliphatic carbocycles. The molecule has 0 saturated heterocycles. The zero-order valence-electron chi connectivity index (χ0n) is 58.7. The maximum atomic E-state index is 6.62. The Hall–Kier alpha value is -0.800. The lowest BCUT2D eigenvalue weighted by Gasteiger charge is -2.22. The SMILES string of the molecule is CCCCCCCCCCOC(CCCCCCCCCC=CC(OCCCCCC)OC(C=CCCCCCCCCCC(OCCCCCCCCCC)OCCCCCCCCCC)OCCCCCC)OCCCCCCCCCC. The van der Waals surface area contributed by atoms with Gasteiger partial charge in [-0.15, -0.1) is 0 Å². The van der Waals surface area contributed by atoms with Gasteiger partial charge in [0.05, 0.1) is 13.2 Å². The van der Waals surface area contributed by atoms with Gasteiger partial charge < -0.3 is 33.2 Å². The Morgan fingerprint density at radius 2 is 0.388 bits per heavy atom. The molecular formula is C78H154O7. The van der Waals surface area contributed by atoms with E-state index in [4.69, 9.17) is 33.2 Å².